The lowest BCUT2D eigenvalue weighted by Crippen LogP contribution is -2.54. The van der Waals surface area contributed by atoms with Crippen LogP contribution in [-0.2, 0) is 24.3 Å². The van der Waals surface area contributed by atoms with Crippen molar-refractivity contribution >= 4 is 33.6 Å². The maximum absolute atomic E-state index is 13.4. The van der Waals surface area contributed by atoms with Crippen molar-refractivity contribution in [2.24, 2.45) is 11.8 Å². The van der Waals surface area contributed by atoms with Gasteiger partial charge in [0, 0.05) is 39.3 Å². The number of hydrogen-bond acceptors (Lipinski definition) is 7. The van der Waals surface area contributed by atoms with Gasteiger partial charge in [-0.2, -0.15) is 4.31 Å². The lowest BCUT2D eigenvalue weighted by atomic mass is 9.94. The van der Waals surface area contributed by atoms with Crippen LogP contribution in [0.5, 0.6) is 5.75 Å². The normalized spacial score (nSPS) is 23.2. The summed E-state index contributed by atoms with van der Waals surface area (Å²) in [6.45, 7) is 7.84. The number of fused-ring (bicyclic) bond motifs is 1. The number of carbonyl (C=O) groups is 3. The third-order valence-corrected chi connectivity index (χ3v) is 8.63. The van der Waals surface area contributed by atoms with Gasteiger partial charge in [0.05, 0.1) is 17.2 Å². The number of carbonyl (C=O) groups excluding carboxylic acids is 3. The first kappa shape index (κ1) is 26.2. The molecule has 36 heavy (non-hydrogen) atoms. The molecule has 1 aromatic rings. The van der Waals surface area contributed by atoms with Crippen LogP contribution >= 0.6 is 0 Å². The average Bonchev–Trinajstić information content (AvgIpc) is 2.85. The fourth-order valence-corrected chi connectivity index (χ4v) is 6.76. The number of sulfonamides is 1. The molecule has 2 unspecified atom stereocenters. The van der Waals surface area contributed by atoms with Crippen LogP contribution in [0.25, 0.3) is 0 Å². The van der Waals surface area contributed by atoms with Gasteiger partial charge >= 0.3 is 6.09 Å². The van der Waals surface area contributed by atoms with Crippen molar-refractivity contribution in [1.29, 1.82) is 0 Å². The molecule has 198 valence electrons. The van der Waals surface area contributed by atoms with Crippen LogP contribution in [0.3, 0.4) is 0 Å². The molecule has 2 fully saturated rings. The Balaban J connectivity index is 1.50. The molecule has 12 heteroatoms. The molecular formula is C24H34N4O7S. The highest BCUT2D eigenvalue weighted by Crippen LogP contribution is 2.36. The molecular weight excluding hydrogens is 488 g/mol. The second-order valence-electron chi connectivity index (χ2n) is 9.73. The summed E-state index contributed by atoms with van der Waals surface area (Å²) in [5, 5.41) is 0. The number of piperazine rings is 1. The number of amides is 3. The second kappa shape index (κ2) is 10.6. The van der Waals surface area contributed by atoms with E-state index in [4.69, 9.17) is 9.47 Å². The van der Waals surface area contributed by atoms with Crippen LogP contribution in [-0.4, -0.2) is 99.5 Å². The first-order valence-electron chi connectivity index (χ1n) is 12.4. The minimum atomic E-state index is -3.78. The lowest BCUT2D eigenvalue weighted by molar-refractivity contribution is -0.133. The van der Waals surface area contributed by atoms with Crippen molar-refractivity contribution in [3.05, 3.63) is 18.2 Å². The number of piperidine rings is 1. The Bertz CT molecular complexity index is 1110. The second-order valence-corrected chi connectivity index (χ2v) is 11.7. The Morgan fingerprint density at radius 2 is 1.69 bits per heavy atom. The highest BCUT2D eigenvalue weighted by molar-refractivity contribution is 7.89. The van der Waals surface area contributed by atoms with Gasteiger partial charge in [-0.05, 0) is 43.4 Å². The van der Waals surface area contributed by atoms with Gasteiger partial charge in [0.1, 0.15) is 12.3 Å². The average molecular weight is 523 g/mol. The van der Waals surface area contributed by atoms with E-state index in [1.54, 1.807) is 22.8 Å². The summed E-state index contributed by atoms with van der Waals surface area (Å²) in [4.78, 5) is 42.2. The van der Waals surface area contributed by atoms with Crippen molar-refractivity contribution in [2.75, 3.05) is 63.9 Å². The van der Waals surface area contributed by atoms with Crippen LogP contribution in [0.15, 0.2) is 23.1 Å². The van der Waals surface area contributed by atoms with E-state index in [2.05, 4.69) is 0 Å². The first-order valence-corrected chi connectivity index (χ1v) is 13.8. The number of nitrogens with zero attached hydrogens (tertiary/aromatic N) is 4. The quantitative estimate of drug-likeness (QED) is 0.574. The molecule has 1 aromatic carbocycles. The predicted molar refractivity (Wildman–Crippen MR) is 131 cm³/mol. The van der Waals surface area contributed by atoms with E-state index in [0.29, 0.717) is 45.0 Å². The molecule has 0 N–H and O–H groups in total. The molecule has 11 nitrogen and oxygen atoms in total. The largest absolute Gasteiger partial charge is 0.482 e. The molecule has 3 amide bonds. The van der Waals surface area contributed by atoms with E-state index < -0.39 is 22.0 Å². The van der Waals surface area contributed by atoms with Gasteiger partial charge < -0.3 is 19.3 Å². The first-order chi connectivity index (χ1) is 17.1. The van der Waals surface area contributed by atoms with Crippen LogP contribution in [0.1, 0.15) is 27.2 Å². The SMILES string of the molecule is CCOC(=O)N1CCN(C(=O)CN2C(=O)COc3ccc(S(=O)(=O)N4CC(C)CC(C)C4)cc32)CC1. The van der Waals surface area contributed by atoms with Crippen molar-refractivity contribution in [1.82, 2.24) is 14.1 Å². The monoisotopic (exact) mass is 522 g/mol. The molecule has 0 spiro atoms. The van der Waals surface area contributed by atoms with Crippen molar-refractivity contribution in [2.45, 2.75) is 32.1 Å². The highest BCUT2D eigenvalue weighted by Gasteiger charge is 2.35. The lowest BCUT2D eigenvalue weighted by Gasteiger charge is -2.36. The molecule has 0 aliphatic carbocycles. The zero-order valence-electron chi connectivity index (χ0n) is 21.0. The molecule has 0 saturated carbocycles. The van der Waals surface area contributed by atoms with Crippen molar-refractivity contribution in [3.8, 4) is 5.75 Å². The number of ether oxygens (including phenoxy) is 2. The van der Waals surface area contributed by atoms with Gasteiger partial charge in [0.15, 0.2) is 6.61 Å². The van der Waals surface area contributed by atoms with Crippen LogP contribution < -0.4 is 9.64 Å². The Hall–Kier alpha value is -2.86. The van der Waals surface area contributed by atoms with E-state index in [0.717, 1.165) is 6.42 Å². The molecule has 2 atom stereocenters. The summed E-state index contributed by atoms with van der Waals surface area (Å²) in [6.07, 6.45) is 0.566. The minimum Gasteiger partial charge on any atom is -0.482 e. The highest BCUT2D eigenvalue weighted by atomic mass is 32.2. The van der Waals surface area contributed by atoms with Crippen molar-refractivity contribution < 1.29 is 32.3 Å². The van der Waals surface area contributed by atoms with Gasteiger partial charge in [0.25, 0.3) is 5.91 Å². The molecule has 0 aromatic heterocycles. The molecule has 3 aliphatic heterocycles. The zero-order valence-corrected chi connectivity index (χ0v) is 21.8. The number of rotatable bonds is 5. The molecule has 3 heterocycles. The predicted octanol–water partition coefficient (Wildman–Crippen LogP) is 1.38. The van der Waals surface area contributed by atoms with Crippen LogP contribution in [0.4, 0.5) is 10.5 Å². The summed E-state index contributed by atoms with van der Waals surface area (Å²) in [5.41, 5.74) is 0.268. The van der Waals surface area contributed by atoms with Crippen molar-refractivity contribution in [3.63, 3.8) is 0 Å². The summed E-state index contributed by atoms with van der Waals surface area (Å²) < 4.78 is 38.9. The van der Waals surface area contributed by atoms with Gasteiger partial charge in [-0.1, -0.05) is 13.8 Å². The molecule has 4 rings (SSSR count). The Labute approximate surface area is 211 Å². The molecule has 3 aliphatic rings. The zero-order chi connectivity index (χ0) is 26.0. The standard InChI is InChI=1S/C24H34N4O7S/c1-4-34-24(31)26-9-7-25(8-10-26)22(29)15-28-20-12-19(5-6-21(20)35-16-23(28)30)36(32,33)27-13-17(2)11-18(3)14-27/h5-6,12,17-18H,4,7-11,13-16H2,1-3H3. The maximum atomic E-state index is 13.4. The van der Waals surface area contributed by atoms with Crippen LogP contribution in [0.2, 0.25) is 0 Å². The number of benzene rings is 1. The number of anilines is 1. The fraction of sp³-hybridized carbons (Fsp3) is 0.625. The summed E-state index contributed by atoms with van der Waals surface area (Å²) >= 11 is 0. The summed E-state index contributed by atoms with van der Waals surface area (Å²) in [5.74, 6) is 0.158. The third kappa shape index (κ3) is 5.44. The topological polar surface area (TPSA) is 117 Å². The molecule has 2 saturated heterocycles. The van der Waals surface area contributed by atoms with Gasteiger partial charge in [0.2, 0.25) is 15.9 Å². The summed E-state index contributed by atoms with van der Waals surface area (Å²) in [6, 6.07) is 4.46. The van der Waals surface area contributed by atoms with Gasteiger partial charge in [-0.15, -0.1) is 0 Å². The summed E-state index contributed by atoms with van der Waals surface area (Å²) in [7, 11) is -3.78. The number of hydrogen-bond donors (Lipinski definition) is 0. The van der Waals surface area contributed by atoms with Gasteiger partial charge in [-0.3, -0.25) is 14.5 Å². The third-order valence-electron chi connectivity index (χ3n) is 6.80. The maximum Gasteiger partial charge on any atom is 0.409 e. The molecule has 0 radical (unpaired) electrons. The Morgan fingerprint density at radius 3 is 2.33 bits per heavy atom. The fourth-order valence-electron chi connectivity index (χ4n) is 5.06. The van der Waals surface area contributed by atoms with E-state index in [-0.39, 0.29) is 48.1 Å². The van der Waals surface area contributed by atoms with E-state index >= 15 is 0 Å². The Kier molecular flexibility index (Phi) is 7.74. The smallest absolute Gasteiger partial charge is 0.409 e. The van der Waals surface area contributed by atoms with Gasteiger partial charge in [-0.25, -0.2) is 13.2 Å². The Morgan fingerprint density at radius 1 is 1.06 bits per heavy atom. The van der Waals surface area contributed by atoms with E-state index in [1.165, 1.54) is 21.3 Å². The molecule has 0 bridgehead atoms. The van der Waals surface area contributed by atoms with Crippen LogP contribution in [0, 0.1) is 11.8 Å². The van der Waals surface area contributed by atoms with E-state index in [1.807, 2.05) is 13.8 Å². The minimum absolute atomic E-state index is 0.0707. The van der Waals surface area contributed by atoms with E-state index in [9.17, 15) is 22.8 Å².